The van der Waals surface area contributed by atoms with E-state index >= 15 is 0 Å². The molecule has 0 aliphatic heterocycles. The first-order chi connectivity index (χ1) is 23.5. The Morgan fingerprint density at radius 2 is 1.37 bits per heavy atom. The van der Waals surface area contributed by atoms with Gasteiger partial charge in [-0.1, -0.05) is 0 Å². The zero-order valence-corrected chi connectivity index (χ0v) is 37.5. The first-order valence-electron chi connectivity index (χ1n) is 19.0. The predicted octanol–water partition coefficient (Wildman–Crippen LogP) is 13.0. The van der Waals surface area contributed by atoms with Crippen molar-refractivity contribution in [2.45, 2.75) is 91.1 Å². The van der Waals surface area contributed by atoms with Gasteiger partial charge in [-0.15, -0.1) is 24.8 Å². The molecule has 0 aromatic heterocycles. The van der Waals surface area contributed by atoms with E-state index in [1.807, 2.05) is 0 Å². The third-order valence-electron chi connectivity index (χ3n) is 17.0. The average molecular weight is 832 g/mol. The third-order valence-corrected chi connectivity index (χ3v) is 37.1. The first-order valence-corrected chi connectivity index (χ1v) is 26.0. The topological polar surface area (TPSA) is 0 Å². The minimum absolute atomic E-state index is 0. The zero-order valence-electron chi connectivity index (χ0n) is 32.6. The van der Waals surface area contributed by atoms with Gasteiger partial charge in [-0.25, -0.2) is 0 Å². The van der Waals surface area contributed by atoms with E-state index in [9.17, 15) is 0 Å². The molecule has 0 amide bonds. The summed E-state index contributed by atoms with van der Waals surface area (Å²) in [5.41, 5.74) is 10.3. The van der Waals surface area contributed by atoms with Crippen molar-refractivity contribution >= 4 is 52.7 Å². The van der Waals surface area contributed by atoms with E-state index in [4.69, 9.17) is 15.8 Å². The standard InChI is InChI=1S/C29H37.C7H7.C6H4Cl.C5H5.CH2.2ClH.Zr/c1-18-25-22-17-19-13-9-10-14-20(19)24(22)21-15-11-12-16-23(21)29(25,8)28(6,7)27(4,5)26(18,2)3;1-7-5-3-2-4-6-7;7-6-4-2-1-3-5-6;1-2-4-5-3-1;;;;/h9-11,13-15,23H,12,16-17H2,1-8H3;3-6H,1H3;2-5H;1-3H,4H2;1H2;2*1H;. The van der Waals surface area contributed by atoms with Crippen LogP contribution < -0.4 is 6.54 Å². The van der Waals surface area contributed by atoms with Gasteiger partial charge in [0.05, 0.1) is 0 Å². The molecule has 0 saturated heterocycles. The number of hydrogen-bond donors (Lipinski definition) is 0. The molecule has 4 heteroatoms. The summed E-state index contributed by atoms with van der Waals surface area (Å²) in [4.78, 5) is 0. The second-order valence-corrected chi connectivity index (χ2v) is 32.9. The number of fused-ring (bicyclic) bond motifs is 6. The van der Waals surface area contributed by atoms with Crippen molar-refractivity contribution in [1.29, 1.82) is 0 Å². The van der Waals surface area contributed by atoms with Crippen LogP contribution in [0.3, 0.4) is 0 Å². The van der Waals surface area contributed by atoms with Gasteiger partial charge in [0.25, 0.3) is 0 Å². The van der Waals surface area contributed by atoms with Crippen molar-refractivity contribution in [3.05, 3.63) is 145 Å². The molecule has 1 fully saturated rings. The van der Waals surface area contributed by atoms with E-state index in [-0.39, 0.29) is 49.6 Å². The Bertz CT molecular complexity index is 2130. The Morgan fingerprint density at radius 3 is 1.98 bits per heavy atom. The molecule has 0 nitrogen and oxygen atoms in total. The van der Waals surface area contributed by atoms with Gasteiger partial charge in [0.1, 0.15) is 0 Å². The van der Waals surface area contributed by atoms with Crippen LogP contribution >= 0.6 is 36.4 Å². The molecule has 5 aliphatic carbocycles. The van der Waals surface area contributed by atoms with Crippen molar-refractivity contribution in [2.75, 3.05) is 0 Å². The van der Waals surface area contributed by atoms with E-state index < -0.39 is 18.3 Å². The maximum absolute atomic E-state index is 6.78. The van der Waals surface area contributed by atoms with Crippen LogP contribution in [0.2, 0.25) is 8.15 Å². The summed E-state index contributed by atoms with van der Waals surface area (Å²) in [5, 5.41) is 0.786. The number of benzene rings is 3. The Morgan fingerprint density at radius 1 is 0.750 bits per heavy atom. The van der Waals surface area contributed by atoms with Crippen molar-refractivity contribution in [2.24, 2.45) is 27.6 Å². The Kier molecular flexibility index (Phi) is 9.54. The van der Waals surface area contributed by atoms with Crippen LogP contribution in [0.5, 0.6) is 0 Å². The Balaban J connectivity index is 0.00000232. The second kappa shape index (κ2) is 12.5. The number of hydrogen-bond acceptors (Lipinski definition) is 0. The van der Waals surface area contributed by atoms with Crippen molar-refractivity contribution < 1.29 is 18.3 Å². The number of rotatable bonds is 4. The molecule has 0 heterocycles. The molecule has 0 bridgehead atoms. The average Bonchev–Trinajstić information content (AvgIpc) is 3.77. The monoisotopic (exact) mass is 828 g/mol. The quantitative estimate of drug-likeness (QED) is 0.246. The van der Waals surface area contributed by atoms with Crippen LogP contribution in [0.4, 0.5) is 0 Å². The normalized spacial score (nSPS) is 27.8. The summed E-state index contributed by atoms with van der Waals surface area (Å²) in [7, 11) is 0. The first kappa shape index (κ1) is 39.7. The summed E-state index contributed by atoms with van der Waals surface area (Å²) in [6, 6.07) is 28.1. The molecule has 8 rings (SSSR count). The molecule has 3 unspecified atom stereocenters. The second-order valence-electron chi connectivity index (χ2n) is 18.4. The fraction of sp³-hybridized carbons (Fsp3) is 0.396. The van der Waals surface area contributed by atoms with Gasteiger partial charge in [0.2, 0.25) is 0 Å². The van der Waals surface area contributed by atoms with Gasteiger partial charge in [0, 0.05) is 0 Å². The van der Waals surface area contributed by atoms with Gasteiger partial charge in [0.15, 0.2) is 0 Å². The van der Waals surface area contributed by atoms with Gasteiger partial charge >= 0.3 is 310 Å². The molecule has 0 spiro atoms. The van der Waals surface area contributed by atoms with Crippen molar-refractivity contribution in [3.8, 4) is 0 Å². The van der Waals surface area contributed by atoms with Crippen LogP contribution in [0.1, 0.15) is 91.3 Å². The molecular weight excluding hydrogens is 774 g/mol. The minimum atomic E-state index is -5.18. The molecule has 1 saturated carbocycles. The number of allylic oxidation sites excluding steroid dienone is 10. The fourth-order valence-corrected chi connectivity index (χ4v) is 33.6. The fourth-order valence-electron chi connectivity index (χ4n) is 12.9. The van der Waals surface area contributed by atoms with Crippen LogP contribution in [0.25, 0.3) is 5.57 Å². The van der Waals surface area contributed by atoms with Crippen LogP contribution in [0.15, 0.2) is 123 Å². The summed E-state index contributed by atoms with van der Waals surface area (Å²) in [6.07, 6.45) is 16.4. The van der Waals surface area contributed by atoms with Gasteiger partial charge in [-0.3, -0.25) is 0 Å². The van der Waals surface area contributed by atoms with E-state index in [1.54, 1.807) is 20.0 Å². The van der Waals surface area contributed by atoms with E-state index in [2.05, 4.69) is 165 Å². The van der Waals surface area contributed by atoms with E-state index in [1.165, 1.54) is 35.2 Å². The maximum atomic E-state index is 6.78. The molecule has 52 heavy (non-hydrogen) atoms. The van der Waals surface area contributed by atoms with Gasteiger partial charge in [-0.2, -0.15) is 0 Å². The Hall–Kier alpha value is -2.02. The summed E-state index contributed by atoms with van der Waals surface area (Å²) in [5.74, 6) is 0.420. The predicted molar refractivity (Wildman–Crippen MR) is 229 cm³/mol. The van der Waals surface area contributed by atoms with Gasteiger partial charge < -0.3 is 0 Å². The molecule has 274 valence electrons. The molecule has 0 radical (unpaired) electrons. The van der Waals surface area contributed by atoms with E-state index in [0.29, 0.717) is 5.92 Å². The molecule has 5 aliphatic rings. The summed E-state index contributed by atoms with van der Waals surface area (Å²) in [6.45, 7) is 23.5. The molecule has 0 N–H and O–H groups in total. The van der Waals surface area contributed by atoms with Crippen molar-refractivity contribution in [1.82, 2.24) is 0 Å². The summed E-state index contributed by atoms with van der Waals surface area (Å²) < 4.78 is 10.2. The van der Waals surface area contributed by atoms with E-state index in [0.717, 1.165) is 24.3 Å². The SMILES string of the molecule is Cl.Cl.[CH2]=[Zr]([C]1=CC=CC1)([c]1ccc(C)cc1)([c]1ccc(Cl)cc1)[C]1(C)C2=C3Cc4ccccc4C3=C3C=CCCC3C2(C)C(C)(C)C(C)(C)C1(C)C. The number of aryl methyl sites for hydroxylation is 1. The summed E-state index contributed by atoms with van der Waals surface area (Å²) >= 11 is 1.60. The van der Waals surface area contributed by atoms with Crippen LogP contribution in [0, 0.1) is 34.5 Å². The zero-order chi connectivity index (χ0) is 35.7. The molecule has 3 atom stereocenters. The van der Waals surface area contributed by atoms with Crippen LogP contribution in [-0.4, -0.2) is 4.21 Å². The molecular formula is C48H57Cl3Zr. The third kappa shape index (κ3) is 4.30. The van der Waals surface area contributed by atoms with Crippen LogP contribution in [-0.2, 0) is 24.7 Å². The number of halogens is 3. The molecule has 3 aromatic rings. The Labute approximate surface area is 332 Å². The molecule has 3 aromatic carbocycles. The van der Waals surface area contributed by atoms with Crippen molar-refractivity contribution in [3.63, 3.8) is 0 Å². The van der Waals surface area contributed by atoms with Gasteiger partial charge in [-0.05, 0) is 0 Å².